The zero-order valence-corrected chi connectivity index (χ0v) is 16.0. The summed E-state index contributed by atoms with van der Waals surface area (Å²) in [6.45, 7) is 0. The van der Waals surface area contributed by atoms with Crippen LogP contribution in [0.25, 0.3) is 16.9 Å². The van der Waals surface area contributed by atoms with E-state index in [9.17, 15) is 9.59 Å². The van der Waals surface area contributed by atoms with Gasteiger partial charge in [-0.05, 0) is 29.8 Å². The number of esters is 2. The molecular weight excluding hydrogens is 358 g/mol. The highest BCUT2D eigenvalue weighted by Crippen LogP contribution is 2.33. The Balaban J connectivity index is 2.27. The first-order valence-electron chi connectivity index (χ1n) is 8.68. The van der Waals surface area contributed by atoms with Gasteiger partial charge in [0.2, 0.25) is 0 Å². The Hall–Kier alpha value is -3.54. The molecule has 0 amide bonds. The highest BCUT2D eigenvalue weighted by Gasteiger charge is 2.25. The molecular formula is C22H21NO5. The van der Waals surface area contributed by atoms with E-state index in [1.807, 2.05) is 59.2 Å². The van der Waals surface area contributed by atoms with Gasteiger partial charge in [-0.25, -0.2) is 4.79 Å². The third kappa shape index (κ3) is 3.76. The van der Waals surface area contributed by atoms with Crippen molar-refractivity contribution in [2.24, 2.45) is 0 Å². The number of rotatable bonds is 6. The number of benzene rings is 2. The van der Waals surface area contributed by atoms with Gasteiger partial charge in [0.15, 0.2) is 0 Å². The van der Waals surface area contributed by atoms with Crippen LogP contribution < -0.4 is 4.74 Å². The second-order valence-corrected chi connectivity index (χ2v) is 6.05. The number of carbonyl (C=O) groups is 2. The Kier molecular flexibility index (Phi) is 5.79. The molecule has 1 aromatic heterocycles. The average molecular weight is 379 g/mol. The van der Waals surface area contributed by atoms with Crippen LogP contribution in [0.4, 0.5) is 0 Å². The van der Waals surface area contributed by atoms with E-state index in [1.54, 1.807) is 13.3 Å². The molecule has 1 heterocycles. The molecule has 0 saturated heterocycles. The summed E-state index contributed by atoms with van der Waals surface area (Å²) in [5.74, 6) is -0.224. The third-order valence-corrected chi connectivity index (χ3v) is 4.46. The van der Waals surface area contributed by atoms with Crippen LogP contribution in [-0.2, 0) is 20.7 Å². The number of hydrogen-bond acceptors (Lipinski definition) is 5. The minimum absolute atomic E-state index is 0.0473. The molecule has 0 bridgehead atoms. The zero-order valence-electron chi connectivity index (χ0n) is 16.0. The van der Waals surface area contributed by atoms with E-state index in [4.69, 9.17) is 14.2 Å². The molecule has 0 saturated carbocycles. The lowest BCUT2D eigenvalue weighted by Crippen LogP contribution is -2.10. The molecule has 6 heteroatoms. The van der Waals surface area contributed by atoms with Crippen LogP contribution in [-0.4, -0.2) is 37.8 Å². The number of hydrogen-bond donors (Lipinski definition) is 0. The van der Waals surface area contributed by atoms with Crippen LogP contribution in [0, 0.1) is 0 Å². The topological polar surface area (TPSA) is 66.8 Å². The lowest BCUT2D eigenvalue weighted by atomic mass is 10.0. The maximum atomic E-state index is 12.4. The maximum Gasteiger partial charge on any atom is 0.339 e. The van der Waals surface area contributed by atoms with Crippen molar-refractivity contribution in [1.82, 2.24) is 4.57 Å². The minimum atomic E-state index is -0.511. The van der Waals surface area contributed by atoms with Crippen molar-refractivity contribution in [3.8, 4) is 22.7 Å². The van der Waals surface area contributed by atoms with Crippen LogP contribution in [0.3, 0.4) is 0 Å². The normalized spacial score (nSPS) is 10.4. The van der Waals surface area contributed by atoms with Gasteiger partial charge in [0.05, 0.1) is 39.0 Å². The summed E-state index contributed by atoms with van der Waals surface area (Å²) < 4.78 is 16.9. The van der Waals surface area contributed by atoms with Crippen molar-refractivity contribution in [2.75, 3.05) is 21.3 Å². The van der Waals surface area contributed by atoms with E-state index in [0.29, 0.717) is 11.1 Å². The highest BCUT2D eigenvalue weighted by atomic mass is 16.5. The zero-order chi connectivity index (χ0) is 20.1. The molecule has 6 nitrogen and oxygen atoms in total. The monoisotopic (exact) mass is 379 g/mol. The number of nitrogens with zero attached hydrogens (tertiary/aromatic N) is 1. The van der Waals surface area contributed by atoms with Crippen molar-refractivity contribution in [3.63, 3.8) is 0 Å². The number of aromatic nitrogens is 1. The lowest BCUT2D eigenvalue weighted by molar-refractivity contribution is -0.139. The van der Waals surface area contributed by atoms with Crippen molar-refractivity contribution in [1.29, 1.82) is 0 Å². The van der Waals surface area contributed by atoms with Crippen LogP contribution in [0.1, 0.15) is 15.9 Å². The van der Waals surface area contributed by atoms with E-state index in [-0.39, 0.29) is 6.42 Å². The second kappa shape index (κ2) is 8.43. The van der Waals surface area contributed by atoms with Crippen molar-refractivity contribution in [3.05, 3.63) is 71.9 Å². The van der Waals surface area contributed by atoms with Crippen molar-refractivity contribution in [2.45, 2.75) is 6.42 Å². The van der Waals surface area contributed by atoms with Crippen molar-refractivity contribution < 1.29 is 23.8 Å². The van der Waals surface area contributed by atoms with Gasteiger partial charge in [0, 0.05) is 17.4 Å². The van der Waals surface area contributed by atoms with E-state index < -0.39 is 11.9 Å². The molecule has 3 aromatic rings. The molecule has 28 heavy (non-hydrogen) atoms. The van der Waals surface area contributed by atoms with Gasteiger partial charge in [-0.3, -0.25) is 4.79 Å². The maximum absolute atomic E-state index is 12.4. The number of carbonyl (C=O) groups excluding carboxylic acids is 2. The SMILES string of the molecule is COC(=O)Cc1c(C(=O)OC)cn(-c2ccc(OC)cc2)c1-c1ccccc1. The quantitative estimate of drug-likeness (QED) is 0.612. The van der Waals surface area contributed by atoms with E-state index in [2.05, 4.69) is 0 Å². The van der Waals surface area contributed by atoms with E-state index in [1.165, 1.54) is 14.2 Å². The Morgan fingerprint density at radius 1 is 0.893 bits per heavy atom. The minimum Gasteiger partial charge on any atom is -0.497 e. The molecule has 0 radical (unpaired) electrons. The summed E-state index contributed by atoms with van der Waals surface area (Å²) in [6, 6.07) is 17.0. The van der Waals surface area contributed by atoms with Gasteiger partial charge in [-0.15, -0.1) is 0 Å². The van der Waals surface area contributed by atoms with Crippen LogP contribution in [0.15, 0.2) is 60.8 Å². The molecule has 0 atom stereocenters. The Labute approximate surface area is 163 Å². The summed E-state index contributed by atoms with van der Waals surface area (Å²) in [5, 5.41) is 0. The highest BCUT2D eigenvalue weighted by molar-refractivity contribution is 5.96. The summed E-state index contributed by atoms with van der Waals surface area (Å²) in [7, 11) is 4.24. The molecule has 0 aliphatic heterocycles. The second-order valence-electron chi connectivity index (χ2n) is 6.05. The Morgan fingerprint density at radius 2 is 1.57 bits per heavy atom. The Morgan fingerprint density at radius 3 is 2.14 bits per heavy atom. The largest absolute Gasteiger partial charge is 0.497 e. The lowest BCUT2D eigenvalue weighted by Gasteiger charge is -2.12. The third-order valence-electron chi connectivity index (χ3n) is 4.46. The standard InChI is InChI=1S/C22H21NO5/c1-26-17-11-9-16(10-12-17)23-14-19(22(25)28-3)18(13-20(24)27-2)21(23)15-7-5-4-6-8-15/h4-12,14H,13H2,1-3H3. The molecule has 0 N–H and O–H groups in total. The van der Waals surface area contributed by atoms with Crippen LogP contribution in [0.2, 0.25) is 0 Å². The summed E-state index contributed by atoms with van der Waals surface area (Å²) in [4.78, 5) is 24.5. The van der Waals surface area contributed by atoms with E-state index >= 15 is 0 Å². The van der Waals surface area contributed by atoms with Gasteiger partial charge in [0.25, 0.3) is 0 Å². The summed E-state index contributed by atoms with van der Waals surface area (Å²) in [5.41, 5.74) is 3.30. The fourth-order valence-electron chi connectivity index (χ4n) is 3.08. The molecule has 0 aliphatic carbocycles. The van der Waals surface area contributed by atoms with Crippen LogP contribution in [0.5, 0.6) is 5.75 Å². The average Bonchev–Trinajstić information content (AvgIpc) is 3.12. The first kappa shape index (κ1) is 19.2. The molecule has 3 rings (SSSR count). The van der Waals surface area contributed by atoms with Crippen LogP contribution >= 0.6 is 0 Å². The first-order chi connectivity index (χ1) is 13.6. The van der Waals surface area contributed by atoms with Gasteiger partial charge >= 0.3 is 11.9 Å². The van der Waals surface area contributed by atoms with Gasteiger partial charge in [-0.2, -0.15) is 0 Å². The molecule has 0 unspecified atom stereocenters. The predicted molar refractivity (Wildman–Crippen MR) is 105 cm³/mol. The fraction of sp³-hybridized carbons (Fsp3) is 0.182. The van der Waals surface area contributed by atoms with Crippen molar-refractivity contribution >= 4 is 11.9 Å². The molecule has 0 spiro atoms. The smallest absolute Gasteiger partial charge is 0.339 e. The molecule has 144 valence electrons. The summed E-state index contributed by atoms with van der Waals surface area (Å²) >= 11 is 0. The summed E-state index contributed by atoms with van der Waals surface area (Å²) in [6.07, 6.45) is 1.64. The predicted octanol–water partition coefficient (Wildman–Crippen LogP) is 3.66. The van der Waals surface area contributed by atoms with Gasteiger partial charge in [-0.1, -0.05) is 30.3 Å². The molecule has 2 aromatic carbocycles. The van der Waals surface area contributed by atoms with Gasteiger partial charge < -0.3 is 18.8 Å². The fourth-order valence-corrected chi connectivity index (χ4v) is 3.08. The molecule has 0 aliphatic rings. The first-order valence-corrected chi connectivity index (χ1v) is 8.68. The number of ether oxygens (including phenoxy) is 3. The molecule has 0 fully saturated rings. The number of methoxy groups -OCH3 is 3. The Bertz CT molecular complexity index is 974. The van der Waals surface area contributed by atoms with Gasteiger partial charge in [0.1, 0.15) is 5.75 Å². The van der Waals surface area contributed by atoms with E-state index in [0.717, 1.165) is 22.7 Å².